The van der Waals surface area contributed by atoms with E-state index in [4.69, 9.17) is 0 Å². The van der Waals surface area contributed by atoms with Gasteiger partial charge in [0.1, 0.15) is 5.78 Å². The third-order valence-corrected chi connectivity index (χ3v) is 7.51. The molecule has 9 heteroatoms. The molecule has 0 rings (SSSR count). The first kappa shape index (κ1) is 16.7. The molecule has 0 aromatic carbocycles. The Bertz CT molecular complexity index is 371. The number of hydrogen-bond donors (Lipinski definition) is 0. The van der Waals surface area contributed by atoms with Crippen molar-refractivity contribution in [2.24, 2.45) is 0 Å². The first-order valence-corrected chi connectivity index (χ1v) is 8.25. The lowest BCUT2D eigenvalue weighted by Crippen LogP contribution is -2.30. The fraction of sp³-hybridized carbons (Fsp3) is 0.875. The van der Waals surface area contributed by atoms with Crippen molar-refractivity contribution in [3.05, 3.63) is 0 Å². The van der Waals surface area contributed by atoms with Crippen molar-refractivity contribution >= 4 is 26.2 Å². The number of ketones is 1. The molecule has 104 valence electrons. The monoisotopic (exact) mass is 296 g/mol. The molecule has 0 unspecified atom stereocenters. The number of rotatable bonds is 6. The van der Waals surface area contributed by atoms with Crippen LogP contribution in [0.5, 0.6) is 0 Å². The van der Waals surface area contributed by atoms with Crippen LogP contribution in [-0.4, -0.2) is 37.0 Å². The number of hydrogen-bond acceptors (Lipinski definition) is 4. The largest absolute Gasteiger partial charge is 0.523 e. The normalized spacial score (nSPS) is 14.7. The van der Waals surface area contributed by atoms with Crippen LogP contribution in [0.15, 0.2) is 0 Å². The Hall–Kier alpha value is -0.280. The summed E-state index contributed by atoms with van der Waals surface area (Å²) in [6.45, 7) is 4.21. The second kappa shape index (κ2) is 5.57. The summed E-state index contributed by atoms with van der Waals surface area (Å²) in [7, 11) is -8.21. The molecule has 0 N–H and O–H groups in total. The summed E-state index contributed by atoms with van der Waals surface area (Å²) in [6, 6.07) is 0. The van der Waals surface area contributed by atoms with Crippen LogP contribution < -0.4 is 0 Å². The highest BCUT2D eigenvalue weighted by Gasteiger charge is 2.50. The molecule has 0 amide bonds. The Morgan fingerprint density at radius 3 is 1.82 bits per heavy atom. The number of carbonyl (C=O) groups excluding carboxylic acids is 1. The fourth-order valence-electron chi connectivity index (χ4n) is 1.13. The first-order valence-electron chi connectivity index (χ1n) is 4.78. The molecule has 0 saturated heterocycles. The van der Waals surface area contributed by atoms with Crippen LogP contribution in [0.1, 0.15) is 20.8 Å². The van der Waals surface area contributed by atoms with E-state index < -0.39 is 25.9 Å². The molecule has 4 nitrogen and oxygen atoms in total. The lowest BCUT2D eigenvalue weighted by molar-refractivity contribution is -0.114. The quantitative estimate of drug-likeness (QED) is 0.705. The Kier molecular flexibility index (Phi) is 5.48. The van der Waals surface area contributed by atoms with Crippen LogP contribution in [0, 0.1) is 0 Å². The summed E-state index contributed by atoms with van der Waals surface area (Å²) in [5.74, 6) is -0.507. The molecule has 0 aromatic rings. The van der Waals surface area contributed by atoms with Gasteiger partial charge in [-0.05, 0) is 18.4 Å². The highest BCUT2D eigenvalue weighted by Crippen LogP contribution is 2.51. The molecule has 0 bridgehead atoms. The van der Waals surface area contributed by atoms with E-state index in [9.17, 15) is 26.4 Å². The lowest BCUT2D eigenvalue weighted by atomic mass is 10.5. The summed E-state index contributed by atoms with van der Waals surface area (Å²) in [4.78, 5) is 11.0. The molecule has 0 spiro atoms. The van der Waals surface area contributed by atoms with Crippen molar-refractivity contribution in [3.8, 4) is 0 Å². The van der Waals surface area contributed by atoms with Gasteiger partial charge in [-0.2, -0.15) is 21.6 Å². The topological polar surface area (TPSA) is 60.4 Å². The van der Waals surface area contributed by atoms with E-state index in [0.717, 1.165) is 0 Å². The number of Topliss-reactive ketones (excluding diaryl/α,β-unsaturated/α-hetero) is 1. The van der Waals surface area contributed by atoms with Gasteiger partial charge >= 0.3 is 15.6 Å². The van der Waals surface area contributed by atoms with Crippen LogP contribution in [-0.2, 0) is 18.5 Å². The zero-order chi connectivity index (χ0) is 13.9. The van der Waals surface area contributed by atoms with E-state index in [0.29, 0.717) is 0 Å². The Morgan fingerprint density at radius 2 is 1.59 bits per heavy atom. The van der Waals surface area contributed by atoms with E-state index in [-0.39, 0.29) is 23.0 Å². The third kappa shape index (κ3) is 4.47. The predicted octanol–water partition coefficient (Wildman–Crippen LogP) is 2.20. The first-order chi connectivity index (χ1) is 7.49. The average molecular weight is 296 g/mol. The standard InChI is InChI=1S/C8H15F3O4S2/c1-4-16(5-2,6-7(3)12)15-17(13,14)8(9,10)11/h4-6H2,1-3H3. The highest BCUT2D eigenvalue weighted by atomic mass is 32.3. The Labute approximate surface area is 100 Å². The van der Waals surface area contributed by atoms with Gasteiger partial charge in [0.25, 0.3) is 0 Å². The van der Waals surface area contributed by atoms with Gasteiger partial charge in [-0.1, -0.05) is 13.8 Å². The summed E-state index contributed by atoms with van der Waals surface area (Å²) in [6.07, 6.45) is 0. The predicted molar refractivity (Wildman–Crippen MR) is 60.3 cm³/mol. The van der Waals surface area contributed by atoms with Gasteiger partial charge in [0, 0.05) is 0 Å². The smallest absolute Gasteiger partial charge is 0.299 e. The van der Waals surface area contributed by atoms with Gasteiger partial charge in [0.15, 0.2) is 0 Å². The van der Waals surface area contributed by atoms with Crippen molar-refractivity contribution in [3.63, 3.8) is 0 Å². The summed E-state index contributed by atoms with van der Waals surface area (Å²) >= 11 is 0. The van der Waals surface area contributed by atoms with Crippen molar-refractivity contribution in [2.45, 2.75) is 26.3 Å². The number of halogens is 3. The minimum absolute atomic E-state index is 0.0817. The molecule has 0 aliphatic heterocycles. The Morgan fingerprint density at radius 1 is 1.18 bits per heavy atom. The Balaban J connectivity index is 5.21. The van der Waals surface area contributed by atoms with Gasteiger partial charge in [0.2, 0.25) is 0 Å². The van der Waals surface area contributed by atoms with E-state index in [1.54, 1.807) is 0 Å². The minimum Gasteiger partial charge on any atom is -0.299 e. The lowest BCUT2D eigenvalue weighted by Gasteiger charge is -2.35. The number of alkyl halides is 3. The molecule has 0 fully saturated rings. The molecule has 17 heavy (non-hydrogen) atoms. The second-order valence-electron chi connectivity index (χ2n) is 3.36. The van der Waals surface area contributed by atoms with Gasteiger partial charge in [0.05, 0.1) is 5.75 Å². The van der Waals surface area contributed by atoms with Crippen molar-refractivity contribution in [1.82, 2.24) is 0 Å². The average Bonchev–Trinajstić information content (AvgIpc) is 2.13. The van der Waals surface area contributed by atoms with Crippen molar-refractivity contribution in [1.29, 1.82) is 0 Å². The number of carbonyl (C=O) groups is 1. The van der Waals surface area contributed by atoms with Crippen LogP contribution in [0.3, 0.4) is 0 Å². The molecule has 0 atom stereocenters. The summed E-state index contributed by atoms with van der Waals surface area (Å²) < 4.78 is 62.7. The van der Waals surface area contributed by atoms with E-state index in [1.165, 1.54) is 20.8 Å². The van der Waals surface area contributed by atoms with Crippen LogP contribution in [0.4, 0.5) is 13.2 Å². The molecule has 0 aliphatic rings. The summed E-state index contributed by atoms with van der Waals surface area (Å²) in [5.41, 5.74) is -5.45. The van der Waals surface area contributed by atoms with Crippen molar-refractivity contribution < 1.29 is 30.0 Å². The van der Waals surface area contributed by atoms with E-state index in [1.807, 2.05) is 0 Å². The van der Waals surface area contributed by atoms with E-state index >= 15 is 0 Å². The zero-order valence-corrected chi connectivity index (χ0v) is 11.3. The zero-order valence-electron chi connectivity index (χ0n) is 9.70. The van der Waals surface area contributed by atoms with Gasteiger partial charge in [-0.3, -0.25) is 4.79 Å². The molecular weight excluding hydrogens is 281 g/mol. The minimum atomic E-state index is -5.64. The maximum atomic E-state index is 12.2. The third-order valence-electron chi connectivity index (χ3n) is 2.04. The van der Waals surface area contributed by atoms with Crippen molar-refractivity contribution in [2.75, 3.05) is 17.3 Å². The van der Waals surface area contributed by atoms with Gasteiger partial charge < -0.3 is 0 Å². The molecule has 0 aliphatic carbocycles. The van der Waals surface area contributed by atoms with Crippen LogP contribution >= 0.6 is 10.3 Å². The maximum Gasteiger partial charge on any atom is 0.523 e. The van der Waals surface area contributed by atoms with E-state index in [2.05, 4.69) is 3.63 Å². The molecule has 0 heterocycles. The summed E-state index contributed by atoms with van der Waals surface area (Å²) in [5, 5.41) is 0. The SMILES string of the molecule is CCS(CC)(CC(C)=O)OS(=O)(=O)C(F)(F)F. The van der Waals surface area contributed by atoms with Gasteiger partial charge in [-0.25, -0.2) is 3.63 Å². The highest BCUT2D eigenvalue weighted by molar-refractivity contribution is 8.33. The fourth-order valence-corrected chi connectivity index (χ4v) is 5.48. The molecule has 0 aromatic heterocycles. The van der Waals surface area contributed by atoms with Crippen LogP contribution in [0.25, 0.3) is 0 Å². The maximum absolute atomic E-state index is 12.2. The molecule has 0 saturated carbocycles. The van der Waals surface area contributed by atoms with Gasteiger partial charge in [-0.15, -0.1) is 10.3 Å². The second-order valence-corrected chi connectivity index (χ2v) is 8.65. The molecular formula is C8H15F3O4S2. The molecule has 0 radical (unpaired) electrons. The van der Waals surface area contributed by atoms with Crippen LogP contribution in [0.2, 0.25) is 0 Å².